The topological polar surface area (TPSA) is 58.5 Å². The molecular formula is C19H24F2N4O. The summed E-state index contributed by atoms with van der Waals surface area (Å²) >= 11 is 0. The van der Waals surface area contributed by atoms with Gasteiger partial charge in [0.05, 0.1) is 18.8 Å². The van der Waals surface area contributed by atoms with Gasteiger partial charge in [-0.2, -0.15) is 8.78 Å². The Morgan fingerprint density at radius 3 is 2.73 bits per heavy atom. The van der Waals surface area contributed by atoms with Gasteiger partial charge in [0.15, 0.2) is 5.96 Å². The number of nitrogens with zero attached hydrogens (tertiary/aromatic N) is 2. The van der Waals surface area contributed by atoms with Crippen molar-refractivity contribution in [1.82, 2.24) is 15.6 Å². The van der Waals surface area contributed by atoms with Crippen molar-refractivity contribution in [2.75, 3.05) is 6.54 Å². The van der Waals surface area contributed by atoms with E-state index in [1.807, 2.05) is 32.9 Å². The van der Waals surface area contributed by atoms with Crippen LogP contribution in [0.3, 0.4) is 0 Å². The molecule has 1 aromatic heterocycles. The van der Waals surface area contributed by atoms with Gasteiger partial charge < -0.3 is 15.4 Å². The molecule has 0 aliphatic heterocycles. The molecular weight excluding hydrogens is 338 g/mol. The average molecular weight is 362 g/mol. The van der Waals surface area contributed by atoms with Gasteiger partial charge in [0.1, 0.15) is 5.75 Å². The number of ether oxygens (including phenoxy) is 1. The van der Waals surface area contributed by atoms with E-state index in [1.54, 1.807) is 24.4 Å². The second-order valence-corrected chi connectivity index (χ2v) is 5.81. The molecule has 7 heteroatoms. The molecule has 2 aromatic rings. The van der Waals surface area contributed by atoms with Gasteiger partial charge in [-0.1, -0.05) is 23.8 Å². The molecule has 0 amide bonds. The maximum absolute atomic E-state index is 12.6. The molecule has 140 valence electrons. The number of hydrogen-bond donors (Lipinski definition) is 2. The van der Waals surface area contributed by atoms with Gasteiger partial charge >= 0.3 is 6.61 Å². The SMILES string of the molecule is CCNC(=NCc1cc(C)ccc1OC(F)F)NCc1ncccc1C. The Kier molecular flexibility index (Phi) is 7.32. The lowest BCUT2D eigenvalue weighted by Crippen LogP contribution is -2.37. The van der Waals surface area contributed by atoms with Crippen LogP contribution in [0.25, 0.3) is 0 Å². The van der Waals surface area contributed by atoms with Crippen LogP contribution in [-0.4, -0.2) is 24.1 Å². The summed E-state index contributed by atoms with van der Waals surface area (Å²) in [5.41, 5.74) is 3.58. The van der Waals surface area contributed by atoms with Gasteiger partial charge in [0.2, 0.25) is 0 Å². The van der Waals surface area contributed by atoms with Gasteiger partial charge in [0.25, 0.3) is 0 Å². The molecule has 0 saturated carbocycles. The number of aromatic nitrogens is 1. The summed E-state index contributed by atoms with van der Waals surface area (Å²) in [6, 6.07) is 8.96. The van der Waals surface area contributed by atoms with Crippen molar-refractivity contribution in [2.45, 2.75) is 40.5 Å². The molecule has 0 aliphatic carbocycles. The zero-order valence-electron chi connectivity index (χ0n) is 15.2. The molecule has 5 nitrogen and oxygen atoms in total. The van der Waals surface area contributed by atoms with E-state index in [2.05, 4.69) is 25.3 Å². The minimum Gasteiger partial charge on any atom is -0.434 e. The average Bonchev–Trinajstić information content (AvgIpc) is 2.60. The molecule has 0 radical (unpaired) electrons. The highest BCUT2D eigenvalue weighted by atomic mass is 19.3. The molecule has 1 aromatic carbocycles. The van der Waals surface area contributed by atoms with E-state index in [1.165, 1.54) is 0 Å². The first-order valence-corrected chi connectivity index (χ1v) is 8.46. The summed E-state index contributed by atoms with van der Waals surface area (Å²) < 4.78 is 29.7. The summed E-state index contributed by atoms with van der Waals surface area (Å²) in [5, 5.41) is 6.35. The van der Waals surface area contributed by atoms with Crippen molar-refractivity contribution < 1.29 is 13.5 Å². The number of aliphatic imine (C=N–C) groups is 1. The van der Waals surface area contributed by atoms with Crippen LogP contribution in [0.1, 0.15) is 29.3 Å². The number of aryl methyl sites for hydroxylation is 2. The molecule has 0 aliphatic rings. The van der Waals surface area contributed by atoms with E-state index in [4.69, 9.17) is 0 Å². The normalized spacial score (nSPS) is 11.5. The highest BCUT2D eigenvalue weighted by Crippen LogP contribution is 2.22. The van der Waals surface area contributed by atoms with Gasteiger partial charge in [-0.3, -0.25) is 4.98 Å². The minimum absolute atomic E-state index is 0.144. The van der Waals surface area contributed by atoms with Crippen LogP contribution in [0.2, 0.25) is 0 Å². The number of hydrogen-bond acceptors (Lipinski definition) is 3. The fourth-order valence-corrected chi connectivity index (χ4v) is 2.42. The standard InChI is InChI=1S/C19H24F2N4O/c1-4-22-19(25-12-16-14(3)6-5-9-23-16)24-11-15-10-13(2)7-8-17(15)26-18(20)21/h5-10,18H,4,11-12H2,1-3H3,(H2,22,24,25). The molecule has 0 fully saturated rings. The molecule has 0 bridgehead atoms. The lowest BCUT2D eigenvalue weighted by Gasteiger charge is -2.13. The van der Waals surface area contributed by atoms with Crippen LogP contribution in [0, 0.1) is 13.8 Å². The van der Waals surface area contributed by atoms with Gasteiger partial charge in [0, 0.05) is 18.3 Å². The molecule has 2 rings (SSSR count). The summed E-state index contributed by atoms with van der Waals surface area (Å²) in [7, 11) is 0. The molecule has 0 unspecified atom stereocenters. The number of nitrogens with one attached hydrogen (secondary N) is 2. The van der Waals surface area contributed by atoms with Gasteiger partial charge in [-0.25, -0.2) is 4.99 Å². The van der Waals surface area contributed by atoms with Crippen LogP contribution in [-0.2, 0) is 13.1 Å². The van der Waals surface area contributed by atoms with Crippen LogP contribution in [0.4, 0.5) is 8.78 Å². The summed E-state index contributed by atoms with van der Waals surface area (Å²) in [6.45, 7) is 4.41. The van der Waals surface area contributed by atoms with E-state index in [-0.39, 0.29) is 12.3 Å². The number of pyridine rings is 1. The van der Waals surface area contributed by atoms with E-state index in [0.717, 1.165) is 16.8 Å². The Bertz CT molecular complexity index is 750. The Morgan fingerprint density at radius 2 is 2.04 bits per heavy atom. The van der Waals surface area contributed by atoms with Crippen LogP contribution < -0.4 is 15.4 Å². The lowest BCUT2D eigenvalue weighted by molar-refractivity contribution is -0.0504. The third kappa shape index (κ3) is 5.98. The summed E-state index contributed by atoms with van der Waals surface area (Å²) in [4.78, 5) is 8.82. The number of rotatable bonds is 7. The Morgan fingerprint density at radius 1 is 1.23 bits per heavy atom. The zero-order chi connectivity index (χ0) is 18.9. The monoisotopic (exact) mass is 362 g/mol. The van der Waals surface area contributed by atoms with Gasteiger partial charge in [-0.15, -0.1) is 0 Å². The fraction of sp³-hybridized carbons (Fsp3) is 0.368. The van der Waals surface area contributed by atoms with Crippen LogP contribution >= 0.6 is 0 Å². The van der Waals surface area contributed by atoms with Crippen molar-refractivity contribution in [3.8, 4) is 5.75 Å². The van der Waals surface area contributed by atoms with Crippen molar-refractivity contribution in [3.05, 3.63) is 58.9 Å². The highest BCUT2D eigenvalue weighted by molar-refractivity contribution is 5.79. The fourth-order valence-electron chi connectivity index (χ4n) is 2.42. The molecule has 0 spiro atoms. The number of halogens is 2. The molecule has 1 heterocycles. The number of benzene rings is 1. The van der Waals surface area contributed by atoms with Crippen LogP contribution in [0.15, 0.2) is 41.5 Å². The van der Waals surface area contributed by atoms with Crippen molar-refractivity contribution >= 4 is 5.96 Å². The zero-order valence-corrected chi connectivity index (χ0v) is 15.2. The first-order valence-electron chi connectivity index (χ1n) is 8.46. The van der Waals surface area contributed by atoms with E-state index < -0.39 is 6.61 Å². The van der Waals surface area contributed by atoms with Crippen molar-refractivity contribution in [1.29, 1.82) is 0 Å². The smallest absolute Gasteiger partial charge is 0.387 e. The molecule has 26 heavy (non-hydrogen) atoms. The molecule has 0 saturated heterocycles. The highest BCUT2D eigenvalue weighted by Gasteiger charge is 2.10. The second kappa shape index (κ2) is 9.70. The minimum atomic E-state index is -2.86. The predicted molar refractivity (Wildman–Crippen MR) is 98.4 cm³/mol. The quantitative estimate of drug-likeness (QED) is 0.584. The summed E-state index contributed by atoms with van der Waals surface area (Å²) in [6.07, 6.45) is 1.74. The maximum atomic E-state index is 12.6. The first kappa shape index (κ1) is 19.6. The predicted octanol–water partition coefficient (Wildman–Crippen LogP) is 3.56. The maximum Gasteiger partial charge on any atom is 0.387 e. The first-order chi connectivity index (χ1) is 12.5. The Labute approximate surface area is 152 Å². The van der Waals surface area contributed by atoms with E-state index >= 15 is 0 Å². The molecule has 2 N–H and O–H groups in total. The largest absolute Gasteiger partial charge is 0.434 e. The van der Waals surface area contributed by atoms with Crippen molar-refractivity contribution in [3.63, 3.8) is 0 Å². The van der Waals surface area contributed by atoms with Crippen LogP contribution in [0.5, 0.6) is 5.75 Å². The second-order valence-electron chi connectivity index (χ2n) is 5.81. The summed E-state index contributed by atoms with van der Waals surface area (Å²) in [5.74, 6) is 0.729. The van der Waals surface area contributed by atoms with Crippen molar-refractivity contribution in [2.24, 2.45) is 4.99 Å². The van der Waals surface area contributed by atoms with E-state index in [9.17, 15) is 8.78 Å². The third-order valence-corrected chi connectivity index (χ3v) is 3.72. The lowest BCUT2D eigenvalue weighted by atomic mass is 10.1. The Hall–Kier alpha value is -2.70. The number of alkyl halides is 2. The van der Waals surface area contributed by atoms with E-state index in [0.29, 0.717) is 24.6 Å². The molecule has 0 atom stereocenters. The third-order valence-electron chi connectivity index (χ3n) is 3.72. The van der Waals surface area contributed by atoms with Gasteiger partial charge in [-0.05, 0) is 38.5 Å². The number of guanidine groups is 1. The Balaban J connectivity index is 2.11.